The summed E-state index contributed by atoms with van der Waals surface area (Å²) in [6.07, 6.45) is 7.60. The Balaban J connectivity index is 1.29. The molecule has 2 N–H and O–H groups in total. The summed E-state index contributed by atoms with van der Waals surface area (Å²) >= 11 is 0. The first kappa shape index (κ1) is 32.3. The minimum absolute atomic E-state index is 0.0211. The molecule has 2 aliphatic carbocycles. The highest BCUT2D eigenvalue weighted by molar-refractivity contribution is 6.03. The van der Waals surface area contributed by atoms with E-state index in [0.29, 0.717) is 60.4 Å². The molecule has 4 aromatic rings. The molecule has 0 radical (unpaired) electrons. The van der Waals surface area contributed by atoms with Crippen molar-refractivity contribution in [2.24, 2.45) is 5.41 Å². The summed E-state index contributed by atoms with van der Waals surface area (Å²) in [5.74, 6) is -0.932. The first-order chi connectivity index (χ1) is 23.8. The summed E-state index contributed by atoms with van der Waals surface area (Å²) in [7, 11) is 1.43. The second-order valence-electron chi connectivity index (χ2n) is 14.1. The number of phenols is 1. The van der Waals surface area contributed by atoms with E-state index in [4.69, 9.17) is 24.2 Å². The van der Waals surface area contributed by atoms with Crippen LogP contribution >= 0.6 is 0 Å². The van der Waals surface area contributed by atoms with Crippen LogP contribution in [0.25, 0.3) is 32.9 Å². The highest BCUT2D eigenvalue weighted by Crippen LogP contribution is 2.51. The molecule has 0 bridgehead atoms. The van der Waals surface area contributed by atoms with Crippen LogP contribution < -0.4 is 14.4 Å². The number of pyridine rings is 1. The standard InChI is InChI=1S/C37H43F2N5O5/c1-3-25-27(38)10-7-21-16-23(45)17-26(29(21)25)32-31(39)33-30(35(40-32)47-2)34(43-14-15-48-19-24(46)18-43)42-36(41-33)49-20-37-11-4-6-28(37)44(13-5-12-37)22-8-9-22/h7,10,16-17,22,24,28,45-46H,3-6,8-9,11-15,18-20H2,1-2H3. The molecule has 10 nitrogen and oxygen atoms in total. The number of aromatic nitrogens is 3. The Morgan fingerprint density at radius 3 is 2.67 bits per heavy atom. The summed E-state index contributed by atoms with van der Waals surface area (Å²) < 4.78 is 50.2. The second-order valence-corrected chi connectivity index (χ2v) is 14.1. The highest BCUT2D eigenvalue weighted by atomic mass is 19.1. The Bertz CT molecular complexity index is 1910. The summed E-state index contributed by atoms with van der Waals surface area (Å²) in [6, 6.07) is 6.99. The number of aliphatic hydroxyl groups is 1. The molecule has 8 rings (SSSR count). The van der Waals surface area contributed by atoms with Crippen molar-refractivity contribution in [2.75, 3.05) is 51.5 Å². The number of fused-ring (bicyclic) bond motifs is 3. The number of aliphatic hydroxyl groups excluding tert-OH is 1. The number of rotatable bonds is 8. The van der Waals surface area contributed by atoms with Gasteiger partial charge in [0.25, 0.3) is 0 Å². The molecule has 2 saturated heterocycles. The number of ether oxygens (including phenoxy) is 3. The van der Waals surface area contributed by atoms with Gasteiger partial charge in [0.05, 0.1) is 33.0 Å². The molecule has 0 amide bonds. The number of methoxy groups -OCH3 is 1. The number of β-amino-alcohol motifs (C(OH)–C–C–N with tert-alkyl or cyclic N) is 1. The number of hydrogen-bond donors (Lipinski definition) is 2. The molecular weight excluding hydrogens is 632 g/mol. The van der Waals surface area contributed by atoms with Gasteiger partial charge in [-0.2, -0.15) is 9.97 Å². The molecule has 2 aromatic carbocycles. The smallest absolute Gasteiger partial charge is 0.319 e. The molecule has 49 heavy (non-hydrogen) atoms. The van der Waals surface area contributed by atoms with Gasteiger partial charge in [0, 0.05) is 36.2 Å². The summed E-state index contributed by atoms with van der Waals surface area (Å²) in [4.78, 5) is 18.7. The van der Waals surface area contributed by atoms with Crippen LogP contribution in [0.2, 0.25) is 0 Å². The Morgan fingerprint density at radius 1 is 1.04 bits per heavy atom. The number of halogens is 2. The average molecular weight is 676 g/mol. The van der Waals surface area contributed by atoms with Crippen LogP contribution in [0.1, 0.15) is 57.4 Å². The van der Waals surface area contributed by atoms with Crippen molar-refractivity contribution in [3.8, 4) is 28.9 Å². The monoisotopic (exact) mass is 675 g/mol. The highest BCUT2D eigenvalue weighted by Gasteiger charge is 2.51. The van der Waals surface area contributed by atoms with Crippen LogP contribution in [0.4, 0.5) is 14.6 Å². The van der Waals surface area contributed by atoms with Crippen LogP contribution in [0.5, 0.6) is 17.6 Å². The van der Waals surface area contributed by atoms with E-state index in [9.17, 15) is 10.2 Å². The van der Waals surface area contributed by atoms with Gasteiger partial charge in [0.15, 0.2) is 5.82 Å². The number of piperidine rings is 1. The predicted molar refractivity (Wildman–Crippen MR) is 181 cm³/mol. The normalized spacial score (nSPS) is 24.7. The van der Waals surface area contributed by atoms with Crippen molar-refractivity contribution in [3.05, 3.63) is 41.5 Å². The van der Waals surface area contributed by atoms with Gasteiger partial charge in [-0.15, -0.1) is 0 Å². The maximum absolute atomic E-state index is 17.2. The number of phenolic OH excluding ortho intramolecular Hbond substituents is 1. The lowest BCUT2D eigenvalue weighted by molar-refractivity contribution is -0.00466. The summed E-state index contributed by atoms with van der Waals surface area (Å²) in [5.41, 5.74) is 0.377. The number of anilines is 1. The molecule has 12 heteroatoms. The molecule has 3 atom stereocenters. The number of aromatic hydroxyl groups is 1. The van der Waals surface area contributed by atoms with E-state index in [-0.39, 0.29) is 58.4 Å². The van der Waals surface area contributed by atoms with Crippen molar-refractivity contribution < 1.29 is 33.2 Å². The zero-order valence-corrected chi connectivity index (χ0v) is 28.1. The van der Waals surface area contributed by atoms with E-state index in [1.807, 2.05) is 11.8 Å². The fraction of sp³-hybridized carbons (Fsp3) is 0.541. The SMILES string of the molecule is CCc1c(F)ccc2cc(O)cc(-c3nc(OC)c4c(N5CCOCC(O)C5)nc(OCC56CCCC5N(C5CC5)CCC6)nc4c3F)c12. The minimum atomic E-state index is -0.797. The van der Waals surface area contributed by atoms with Gasteiger partial charge >= 0.3 is 6.01 Å². The average Bonchev–Trinajstić information content (AvgIpc) is 3.90. The fourth-order valence-corrected chi connectivity index (χ4v) is 8.73. The van der Waals surface area contributed by atoms with Gasteiger partial charge in [0.2, 0.25) is 5.88 Å². The Kier molecular flexibility index (Phi) is 8.44. The zero-order chi connectivity index (χ0) is 33.9. The number of nitrogens with zero attached hydrogens (tertiary/aromatic N) is 5. The van der Waals surface area contributed by atoms with E-state index in [1.165, 1.54) is 38.2 Å². The number of benzene rings is 2. The summed E-state index contributed by atoms with van der Waals surface area (Å²) in [5, 5.41) is 22.6. The Labute approximate surface area is 284 Å². The molecule has 4 fully saturated rings. The third kappa shape index (κ3) is 5.71. The largest absolute Gasteiger partial charge is 0.508 e. The van der Waals surface area contributed by atoms with Crippen molar-refractivity contribution in [1.82, 2.24) is 19.9 Å². The van der Waals surface area contributed by atoms with Crippen molar-refractivity contribution in [1.29, 1.82) is 0 Å². The minimum Gasteiger partial charge on any atom is -0.508 e. The van der Waals surface area contributed by atoms with Crippen LogP contribution in [0, 0.1) is 17.0 Å². The van der Waals surface area contributed by atoms with Gasteiger partial charge in [-0.05, 0) is 86.0 Å². The maximum atomic E-state index is 17.2. The van der Waals surface area contributed by atoms with Crippen molar-refractivity contribution >= 4 is 27.5 Å². The van der Waals surface area contributed by atoms with E-state index in [0.717, 1.165) is 38.6 Å². The quantitative estimate of drug-likeness (QED) is 0.239. The maximum Gasteiger partial charge on any atom is 0.319 e. The van der Waals surface area contributed by atoms with E-state index < -0.39 is 17.7 Å². The predicted octanol–water partition coefficient (Wildman–Crippen LogP) is 5.77. The molecule has 260 valence electrons. The third-order valence-corrected chi connectivity index (χ3v) is 11.1. The van der Waals surface area contributed by atoms with Crippen molar-refractivity contribution in [3.63, 3.8) is 0 Å². The lowest BCUT2D eigenvalue weighted by Crippen LogP contribution is -2.52. The molecule has 2 aliphatic heterocycles. The van der Waals surface area contributed by atoms with Gasteiger partial charge in [-0.25, -0.2) is 13.8 Å². The van der Waals surface area contributed by atoms with Gasteiger partial charge in [0.1, 0.15) is 34.0 Å². The first-order valence-electron chi connectivity index (χ1n) is 17.6. The Morgan fingerprint density at radius 2 is 1.88 bits per heavy atom. The van der Waals surface area contributed by atoms with Gasteiger partial charge in [-0.3, -0.25) is 4.90 Å². The third-order valence-electron chi connectivity index (χ3n) is 11.1. The lowest BCUT2D eigenvalue weighted by Gasteiger charge is -2.46. The van der Waals surface area contributed by atoms with Crippen molar-refractivity contribution in [2.45, 2.75) is 76.5 Å². The molecule has 2 aromatic heterocycles. The zero-order valence-electron chi connectivity index (χ0n) is 28.1. The van der Waals surface area contributed by atoms with E-state index in [2.05, 4.69) is 9.88 Å². The molecule has 2 saturated carbocycles. The lowest BCUT2D eigenvalue weighted by atomic mass is 9.75. The van der Waals surface area contributed by atoms with E-state index in [1.54, 1.807) is 6.07 Å². The van der Waals surface area contributed by atoms with Gasteiger partial charge < -0.3 is 29.3 Å². The molecular formula is C37H43F2N5O5. The Hall–Kier alpha value is -3.87. The number of likely N-dealkylation sites (tertiary alicyclic amines) is 1. The van der Waals surface area contributed by atoms with Crippen LogP contribution in [-0.4, -0.2) is 94.8 Å². The first-order valence-corrected chi connectivity index (χ1v) is 17.6. The molecule has 0 spiro atoms. The molecule has 3 unspecified atom stereocenters. The second kappa shape index (κ2) is 12.8. The number of aryl methyl sites for hydroxylation is 1. The summed E-state index contributed by atoms with van der Waals surface area (Å²) in [6.45, 7) is 4.44. The number of hydrogen-bond acceptors (Lipinski definition) is 10. The van der Waals surface area contributed by atoms with Crippen LogP contribution in [0.15, 0.2) is 24.3 Å². The van der Waals surface area contributed by atoms with Crippen LogP contribution in [0.3, 0.4) is 0 Å². The molecule has 4 aliphatic rings. The topological polar surface area (TPSA) is 113 Å². The van der Waals surface area contributed by atoms with Crippen LogP contribution in [-0.2, 0) is 11.2 Å². The van der Waals surface area contributed by atoms with Gasteiger partial charge in [-0.1, -0.05) is 19.4 Å². The molecule has 4 heterocycles. The fourth-order valence-electron chi connectivity index (χ4n) is 8.73. The van der Waals surface area contributed by atoms with E-state index >= 15 is 8.78 Å².